The topological polar surface area (TPSA) is 67.9 Å². The molecule has 1 fully saturated rings. The van der Waals surface area contributed by atoms with Crippen molar-refractivity contribution in [2.45, 2.75) is 20.5 Å². The van der Waals surface area contributed by atoms with Gasteiger partial charge in [0.25, 0.3) is 11.8 Å². The summed E-state index contributed by atoms with van der Waals surface area (Å²) in [5, 5.41) is 1.75. The van der Waals surface area contributed by atoms with Gasteiger partial charge < -0.3 is 9.47 Å². The molecule has 0 saturated carbocycles. The fourth-order valence-corrected chi connectivity index (χ4v) is 5.28. The third-order valence-corrected chi connectivity index (χ3v) is 7.39. The van der Waals surface area contributed by atoms with Crippen molar-refractivity contribution in [3.05, 3.63) is 97.3 Å². The highest BCUT2D eigenvalue weighted by Crippen LogP contribution is 2.39. The highest BCUT2D eigenvalue weighted by Gasteiger charge is 2.34. The van der Waals surface area contributed by atoms with Gasteiger partial charge in [-0.2, -0.15) is 5.01 Å². The number of thiocarbonyl (C=S) groups is 1. The number of thioether (sulfide) groups is 1. The molecule has 1 heterocycles. The number of ether oxygens (including phenoxy) is 2. The van der Waals surface area contributed by atoms with Crippen LogP contribution in [0.5, 0.6) is 11.5 Å². The van der Waals surface area contributed by atoms with Gasteiger partial charge in [0.2, 0.25) is 0 Å². The van der Waals surface area contributed by atoms with Gasteiger partial charge >= 0.3 is 0 Å². The first-order valence-electron chi connectivity index (χ1n) is 11.2. The third-order valence-electron chi connectivity index (χ3n) is 5.25. The van der Waals surface area contributed by atoms with Crippen LogP contribution in [0.4, 0.5) is 0 Å². The van der Waals surface area contributed by atoms with E-state index in [1.807, 2.05) is 44.2 Å². The number of benzene rings is 3. The Morgan fingerprint density at radius 1 is 1.14 bits per heavy atom. The molecule has 1 N–H and O–H groups in total. The maximum Gasteiger partial charge on any atom is 0.285 e. The van der Waals surface area contributed by atoms with Crippen molar-refractivity contribution >= 4 is 73.7 Å². The van der Waals surface area contributed by atoms with Crippen LogP contribution in [-0.4, -0.2) is 27.8 Å². The predicted molar refractivity (Wildman–Crippen MR) is 155 cm³/mol. The molecule has 0 spiro atoms. The first kappa shape index (κ1) is 27.2. The molecule has 1 aliphatic rings. The average molecular weight is 618 g/mol. The number of carbonyl (C=O) groups excluding carboxylic acids is 2. The predicted octanol–water partition coefficient (Wildman–Crippen LogP) is 6.93. The molecule has 1 saturated heterocycles. The van der Waals surface area contributed by atoms with E-state index in [2.05, 4.69) is 21.4 Å². The molecule has 2 amide bonds. The monoisotopic (exact) mass is 616 g/mol. The SMILES string of the molecule is CCOc1cc(/C=C2\SC(=S)N(NC(=O)c3ccc(C)cc3)C2=O)cc(Br)c1OCc1ccc(Cl)cc1. The van der Waals surface area contributed by atoms with Gasteiger partial charge in [-0.15, -0.1) is 0 Å². The van der Waals surface area contributed by atoms with Crippen LogP contribution in [0.15, 0.2) is 70.0 Å². The summed E-state index contributed by atoms with van der Waals surface area (Å²) in [6.07, 6.45) is 1.70. The van der Waals surface area contributed by atoms with E-state index in [9.17, 15) is 9.59 Å². The molecule has 0 aromatic heterocycles. The lowest BCUT2D eigenvalue weighted by Gasteiger charge is -2.16. The minimum atomic E-state index is -0.416. The zero-order valence-electron chi connectivity index (χ0n) is 19.9. The highest BCUT2D eigenvalue weighted by molar-refractivity contribution is 9.10. The molecule has 6 nitrogen and oxygen atoms in total. The summed E-state index contributed by atoms with van der Waals surface area (Å²) >= 11 is 16.0. The summed E-state index contributed by atoms with van der Waals surface area (Å²) in [6, 6.07) is 18.1. The molecule has 10 heteroatoms. The van der Waals surface area contributed by atoms with E-state index in [0.717, 1.165) is 27.9 Å². The number of amides is 2. The number of nitrogens with one attached hydrogen (secondary N) is 1. The fraction of sp³-hybridized carbons (Fsp3) is 0.148. The molecule has 190 valence electrons. The summed E-state index contributed by atoms with van der Waals surface area (Å²) in [6.45, 7) is 4.57. The van der Waals surface area contributed by atoms with Crippen LogP contribution < -0.4 is 14.9 Å². The second kappa shape index (κ2) is 12.1. The zero-order valence-corrected chi connectivity index (χ0v) is 23.9. The zero-order chi connectivity index (χ0) is 26.5. The van der Waals surface area contributed by atoms with Gasteiger partial charge in [-0.05, 0) is 95.6 Å². The lowest BCUT2D eigenvalue weighted by Crippen LogP contribution is -2.44. The van der Waals surface area contributed by atoms with Gasteiger partial charge in [0.05, 0.1) is 16.0 Å². The standard InChI is InChI=1S/C27H22BrClN2O4S2/c1-3-34-22-13-18(12-21(28)24(22)35-15-17-6-10-20(29)11-7-17)14-23-26(33)31(27(36)37-23)30-25(32)19-8-4-16(2)5-9-19/h4-14H,3,15H2,1-2H3,(H,30,32)/b23-14-. The summed E-state index contributed by atoms with van der Waals surface area (Å²) in [7, 11) is 0. The molecule has 0 unspecified atom stereocenters. The molecule has 37 heavy (non-hydrogen) atoms. The van der Waals surface area contributed by atoms with E-state index in [-0.39, 0.29) is 4.32 Å². The van der Waals surface area contributed by atoms with Gasteiger partial charge in [0, 0.05) is 10.6 Å². The van der Waals surface area contributed by atoms with Crippen molar-refractivity contribution in [1.82, 2.24) is 10.4 Å². The van der Waals surface area contributed by atoms with E-state index in [0.29, 0.717) is 50.2 Å². The van der Waals surface area contributed by atoms with Crippen LogP contribution in [0.3, 0.4) is 0 Å². The maximum atomic E-state index is 13.0. The van der Waals surface area contributed by atoms with Crippen LogP contribution in [0.1, 0.15) is 34.0 Å². The van der Waals surface area contributed by atoms with Gasteiger partial charge in [-0.1, -0.05) is 53.2 Å². The van der Waals surface area contributed by atoms with Crippen LogP contribution in [0, 0.1) is 6.92 Å². The Bertz CT molecular complexity index is 1380. The Labute approximate surface area is 238 Å². The Hall–Kier alpha value is -2.85. The van der Waals surface area contributed by atoms with Crippen molar-refractivity contribution in [3.8, 4) is 11.5 Å². The number of nitrogens with zero attached hydrogens (tertiary/aromatic N) is 1. The molecule has 0 bridgehead atoms. The molecular weight excluding hydrogens is 596 g/mol. The normalized spacial score (nSPS) is 14.3. The molecule has 0 aliphatic carbocycles. The average Bonchev–Trinajstić information content (AvgIpc) is 3.12. The maximum absolute atomic E-state index is 13.0. The Balaban J connectivity index is 1.52. The number of hydrogen-bond acceptors (Lipinski definition) is 6. The number of rotatable bonds is 8. The molecule has 3 aromatic rings. The molecule has 0 atom stereocenters. The van der Waals surface area contributed by atoms with E-state index in [1.54, 1.807) is 36.4 Å². The van der Waals surface area contributed by atoms with Gasteiger partial charge in [-0.3, -0.25) is 15.0 Å². The van der Waals surface area contributed by atoms with Crippen LogP contribution in [0.25, 0.3) is 6.08 Å². The minimum Gasteiger partial charge on any atom is -0.490 e. The second-order valence-corrected chi connectivity index (χ2v) is 11.0. The van der Waals surface area contributed by atoms with E-state index >= 15 is 0 Å². The van der Waals surface area contributed by atoms with E-state index < -0.39 is 11.8 Å². The van der Waals surface area contributed by atoms with Crippen molar-refractivity contribution in [1.29, 1.82) is 0 Å². The van der Waals surface area contributed by atoms with E-state index in [4.69, 9.17) is 33.3 Å². The quantitative estimate of drug-likeness (QED) is 0.218. The van der Waals surface area contributed by atoms with Crippen LogP contribution >= 0.6 is 51.5 Å². The molecular formula is C27H22BrClN2O4S2. The van der Waals surface area contributed by atoms with Gasteiger partial charge in [0.1, 0.15) is 6.61 Å². The van der Waals surface area contributed by atoms with Gasteiger partial charge in [-0.25, -0.2) is 0 Å². The third kappa shape index (κ3) is 6.73. The summed E-state index contributed by atoms with van der Waals surface area (Å²) in [4.78, 5) is 26.0. The van der Waals surface area contributed by atoms with Crippen molar-refractivity contribution in [3.63, 3.8) is 0 Å². The summed E-state index contributed by atoms with van der Waals surface area (Å²) < 4.78 is 12.8. The Morgan fingerprint density at radius 3 is 2.51 bits per heavy atom. The Morgan fingerprint density at radius 2 is 1.84 bits per heavy atom. The summed E-state index contributed by atoms with van der Waals surface area (Å²) in [5.74, 6) is 0.251. The smallest absolute Gasteiger partial charge is 0.285 e. The van der Waals surface area contributed by atoms with E-state index in [1.165, 1.54) is 0 Å². The lowest BCUT2D eigenvalue weighted by atomic mass is 10.1. The minimum absolute atomic E-state index is 0.240. The van der Waals surface area contributed by atoms with Crippen molar-refractivity contribution in [2.24, 2.45) is 0 Å². The Kier molecular flexibility index (Phi) is 8.91. The number of aryl methyl sites for hydroxylation is 1. The molecule has 4 rings (SSSR count). The summed E-state index contributed by atoms with van der Waals surface area (Å²) in [5.41, 5.74) is 5.73. The second-order valence-electron chi connectivity index (χ2n) is 8.00. The van der Waals surface area contributed by atoms with Crippen molar-refractivity contribution in [2.75, 3.05) is 6.61 Å². The number of hydrazine groups is 1. The lowest BCUT2D eigenvalue weighted by molar-refractivity contribution is -0.123. The first-order chi connectivity index (χ1) is 17.7. The fourth-order valence-electron chi connectivity index (χ4n) is 3.40. The number of carbonyl (C=O) groups is 2. The number of hydrogen-bond donors (Lipinski definition) is 1. The van der Waals surface area contributed by atoms with Crippen molar-refractivity contribution < 1.29 is 19.1 Å². The number of halogens is 2. The van der Waals surface area contributed by atoms with Gasteiger partial charge in [0.15, 0.2) is 15.8 Å². The molecule has 0 radical (unpaired) electrons. The highest BCUT2D eigenvalue weighted by atomic mass is 79.9. The molecule has 3 aromatic carbocycles. The van der Waals surface area contributed by atoms with Crippen LogP contribution in [-0.2, 0) is 11.4 Å². The van der Waals surface area contributed by atoms with Crippen LogP contribution in [0.2, 0.25) is 5.02 Å². The first-order valence-corrected chi connectivity index (χ1v) is 13.6. The molecule has 1 aliphatic heterocycles. The largest absolute Gasteiger partial charge is 0.490 e.